The molecule has 0 radical (unpaired) electrons. The number of ether oxygens (including phenoxy) is 1. The highest BCUT2D eigenvalue weighted by Gasteiger charge is 2.36. The Morgan fingerprint density at radius 2 is 2.04 bits per heavy atom. The number of halogens is 3. The Bertz CT molecular complexity index is 771. The first-order valence-electron chi connectivity index (χ1n) is 7.75. The molecule has 0 fully saturated rings. The van der Waals surface area contributed by atoms with Crippen molar-refractivity contribution in [2.24, 2.45) is 0 Å². The Balaban J connectivity index is 2.47. The van der Waals surface area contributed by atoms with E-state index in [4.69, 9.17) is 10.00 Å². The maximum atomic E-state index is 13.1. The lowest BCUT2D eigenvalue weighted by atomic mass is 10.2. The monoisotopic (exact) mass is 350 g/mol. The van der Waals surface area contributed by atoms with Crippen molar-refractivity contribution < 1.29 is 17.9 Å². The predicted octanol–water partition coefficient (Wildman–Crippen LogP) is 4.31. The molecule has 0 amide bonds. The van der Waals surface area contributed by atoms with Crippen LogP contribution in [0.4, 0.5) is 24.8 Å². The molecule has 25 heavy (non-hydrogen) atoms. The third-order valence-electron chi connectivity index (χ3n) is 3.33. The summed E-state index contributed by atoms with van der Waals surface area (Å²) < 4.78 is 44.5. The molecule has 1 aromatic carbocycles. The van der Waals surface area contributed by atoms with E-state index in [1.165, 1.54) is 0 Å². The minimum atomic E-state index is -4.60. The van der Waals surface area contributed by atoms with Gasteiger partial charge in [0.05, 0.1) is 18.2 Å². The topological polar surface area (TPSA) is 62.0 Å². The van der Waals surface area contributed by atoms with Crippen LogP contribution in [0.3, 0.4) is 0 Å². The smallest absolute Gasteiger partial charge is 0.423 e. The number of hydrogen-bond donors (Lipinski definition) is 0. The number of benzene rings is 1. The van der Waals surface area contributed by atoms with Gasteiger partial charge in [-0.15, -0.1) is 0 Å². The summed E-state index contributed by atoms with van der Waals surface area (Å²) in [5, 5.41) is 9.01. The van der Waals surface area contributed by atoms with Gasteiger partial charge in [0.1, 0.15) is 5.56 Å². The molecule has 5 nitrogen and oxygen atoms in total. The van der Waals surface area contributed by atoms with Crippen LogP contribution in [-0.2, 0) is 6.18 Å². The molecule has 0 saturated carbocycles. The zero-order valence-corrected chi connectivity index (χ0v) is 13.8. The molecular weight excluding hydrogens is 333 g/mol. The van der Waals surface area contributed by atoms with Crippen molar-refractivity contribution in [1.29, 1.82) is 5.26 Å². The van der Waals surface area contributed by atoms with Gasteiger partial charge < -0.3 is 9.64 Å². The lowest BCUT2D eigenvalue weighted by Crippen LogP contribution is -2.21. The molecule has 1 heterocycles. The fraction of sp³-hybridized carbons (Fsp3) is 0.353. The summed E-state index contributed by atoms with van der Waals surface area (Å²) in [5.41, 5.74) is 0.0413. The summed E-state index contributed by atoms with van der Waals surface area (Å²) in [6.07, 6.45) is -3.32. The van der Waals surface area contributed by atoms with Gasteiger partial charge in [0.2, 0.25) is 11.8 Å². The highest BCUT2D eigenvalue weighted by Crippen LogP contribution is 2.36. The van der Waals surface area contributed by atoms with Crippen LogP contribution in [0.2, 0.25) is 0 Å². The normalized spacial score (nSPS) is 11.0. The minimum absolute atomic E-state index is 0.0803. The van der Waals surface area contributed by atoms with Crippen LogP contribution < -0.4 is 9.64 Å². The molecule has 8 heteroatoms. The van der Waals surface area contributed by atoms with E-state index >= 15 is 0 Å². The van der Waals surface area contributed by atoms with Crippen molar-refractivity contribution in [1.82, 2.24) is 9.97 Å². The van der Waals surface area contributed by atoms with Gasteiger partial charge in [0.15, 0.2) is 0 Å². The van der Waals surface area contributed by atoms with Gasteiger partial charge in [-0.1, -0.05) is 13.0 Å². The first-order valence-corrected chi connectivity index (χ1v) is 7.75. The lowest BCUT2D eigenvalue weighted by molar-refractivity contribution is -0.139. The largest absolute Gasteiger partial charge is 0.477 e. The number of alkyl halides is 3. The fourth-order valence-electron chi connectivity index (χ4n) is 2.17. The molecule has 0 spiro atoms. The first kappa shape index (κ1) is 18.5. The molecule has 0 unspecified atom stereocenters. The summed E-state index contributed by atoms with van der Waals surface area (Å²) in [5.74, 6) is -0.411. The second kappa shape index (κ2) is 7.83. The Kier molecular flexibility index (Phi) is 5.80. The van der Waals surface area contributed by atoms with Gasteiger partial charge in [-0.2, -0.15) is 23.4 Å². The van der Waals surface area contributed by atoms with Gasteiger partial charge in [0.25, 0.3) is 0 Å². The standard InChI is InChI=1S/C17H17F3N4O/c1-3-8-25-15-14(17(18,19)20)11-22-16(23-15)24(4-2)13-7-5-6-12(9-13)10-21/h5-7,9,11H,3-4,8H2,1-2H3. The van der Waals surface area contributed by atoms with Crippen LogP contribution >= 0.6 is 0 Å². The quantitative estimate of drug-likeness (QED) is 0.777. The zero-order valence-electron chi connectivity index (χ0n) is 13.8. The second-order valence-corrected chi connectivity index (χ2v) is 5.14. The molecular formula is C17H17F3N4O. The van der Waals surface area contributed by atoms with E-state index in [1.54, 1.807) is 36.1 Å². The average molecular weight is 350 g/mol. The number of rotatable bonds is 6. The van der Waals surface area contributed by atoms with E-state index in [0.29, 0.717) is 24.2 Å². The highest BCUT2D eigenvalue weighted by atomic mass is 19.4. The van der Waals surface area contributed by atoms with E-state index < -0.39 is 17.6 Å². The van der Waals surface area contributed by atoms with Gasteiger partial charge in [0, 0.05) is 18.4 Å². The molecule has 0 aliphatic heterocycles. The molecule has 0 N–H and O–H groups in total. The maximum Gasteiger partial charge on any atom is 0.423 e. The second-order valence-electron chi connectivity index (χ2n) is 5.14. The van der Waals surface area contributed by atoms with Gasteiger partial charge in [-0.3, -0.25) is 0 Å². The third-order valence-corrected chi connectivity index (χ3v) is 3.33. The van der Waals surface area contributed by atoms with Crippen LogP contribution in [0.5, 0.6) is 5.88 Å². The molecule has 0 aliphatic carbocycles. The van der Waals surface area contributed by atoms with Crippen molar-refractivity contribution >= 4 is 11.6 Å². The van der Waals surface area contributed by atoms with Gasteiger partial charge >= 0.3 is 6.18 Å². The molecule has 132 valence electrons. The molecule has 0 atom stereocenters. The summed E-state index contributed by atoms with van der Waals surface area (Å²) in [7, 11) is 0. The van der Waals surface area contributed by atoms with Crippen LogP contribution in [0.1, 0.15) is 31.4 Å². The molecule has 2 aromatic rings. The van der Waals surface area contributed by atoms with Crippen LogP contribution in [0, 0.1) is 11.3 Å². The van der Waals surface area contributed by atoms with Crippen LogP contribution in [0.15, 0.2) is 30.5 Å². The van der Waals surface area contributed by atoms with E-state index in [-0.39, 0.29) is 12.6 Å². The maximum absolute atomic E-state index is 13.1. The van der Waals surface area contributed by atoms with Crippen molar-refractivity contribution in [3.63, 3.8) is 0 Å². The van der Waals surface area contributed by atoms with E-state index in [9.17, 15) is 13.2 Å². The number of hydrogen-bond acceptors (Lipinski definition) is 5. The van der Waals surface area contributed by atoms with E-state index in [2.05, 4.69) is 9.97 Å². The number of nitriles is 1. The first-order chi connectivity index (χ1) is 11.9. The van der Waals surface area contributed by atoms with Gasteiger partial charge in [-0.25, -0.2) is 4.98 Å². The minimum Gasteiger partial charge on any atom is -0.477 e. The summed E-state index contributed by atoms with van der Waals surface area (Å²) >= 11 is 0. The number of nitrogens with zero attached hydrogens (tertiary/aromatic N) is 4. The molecule has 0 saturated heterocycles. The van der Waals surface area contributed by atoms with Crippen molar-refractivity contribution in [3.05, 3.63) is 41.6 Å². The average Bonchev–Trinajstić information content (AvgIpc) is 2.60. The molecule has 2 rings (SSSR count). The lowest BCUT2D eigenvalue weighted by Gasteiger charge is -2.22. The number of anilines is 2. The molecule has 1 aromatic heterocycles. The van der Waals surface area contributed by atoms with Crippen molar-refractivity contribution in [2.45, 2.75) is 26.4 Å². The highest BCUT2D eigenvalue weighted by molar-refractivity contribution is 5.60. The molecule has 0 aliphatic rings. The Labute approximate surface area is 143 Å². The molecule has 0 bridgehead atoms. The summed E-state index contributed by atoms with van der Waals surface area (Å²) in [6, 6.07) is 8.71. The SMILES string of the molecule is CCCOc1nc(N(CC)c2cccc(C#N)c2)ncc1C(F)(F)F. The summed E-state index contributed by atoms with van der Waals surface area (Å²) in [4.78, 5) is 9.43. The van der Waals surface area contributed by atoms with E-state index in [0.717, 1.165) is 6.20 Å². The van der Waals surface area contributed by atoms with E-state index in [1.807, 2.05) is 13.0 Å². The Morgan fingerprint density at radius 1 is 1.28 bits per heavy atom. The zero-order chi connectivity index (χ0) is 18.4. The Morgan fingerprint density at radius 3 is 2.64 bits per heavy atom. The van der Waals surface area contributed by atoms with Crippen LogP contribution in [-0.4, -0.2) is 23.1 Å². The Hall–Kier alpha value is -2.82. The van der Waals surface area contributed by atoms with Gasteiger partial charge in [-0.05, 0) is 31.5 Å². The predicted molar refractivity (Wildman–Crippen MR) is 86.7 cm³/mol. The summed E-state index contributed by atoms with van der Waals surface area (Å²) in [6.45, 7) is 4.14. The number of aromatic nitrogens is 2. The van der Waals surface area contributed by atoms with Crippen LogP contribution in [0.25, 0.3) is 0 Å². The third kappa shape index (κ3) is 4.38. The fourth-order valence-corrected chi connectivity index (χ4v) is 2.17. The van der Waals surface area contributed by atoms with Crippen molar-refractivity contribution in [2.75, 3.05) is 18.1 Å². The van der Waals surface area contributed by atoms with Crippen molar-refractivity contribution in [3.8, 4) is 11.9 Å².